The van der Waals surface area contributed by atoms with Crippen LogP contribution in [0.2, 0.25) is 0 Å². The van der Waals surface area contributed by atoms with Crippen molar-refractivity contribution in [1.82, 2.24) is 19.3 Å². The number of imidazole rings is 1. The molecule has 3 aromatic heterocycles. The van der Waals surface area contributed by atoms with Crippen molar-refractivity contribution in [2.45, 2.75) is 39.7 Å². The van der Waals surface area contributed by atoms with Crippen molar-refractivity contribution in [3.8, 4) is 0 Å². The lowest BCUT2D eigenvalue weighted by atomic mass is 10.2. The van der Waals surface area contributed by atoms with Gasteiger partial charge in [0, 0.05) is 44.1 Å². The molecule has 1 fully saturated rings. The number of carbonyl (C=O) groups excluding carboxylic acids is 1. The molecule has 10 heteroatoms. The van der Waals surface area contributed by atoms with Crippen LogP contribution in [0.4, 0.5) is 20.7 Å². The van der Waals surface area contributed by atoms with E-state index in [9.17, 15) is 9.18 Å². The summed E-state index contributed by atoms with van der Waals surface area (Å²) >= 11 is 0. The van der Waals surface area contributed by atoms with Gasteiger partial charge in [-0.1, -0.05) is 0 Å². The van der Waals surface area contributed by atoms with Gasteiger partial charge in [-0.2, -0.15) is 0 Å². The number of aromatic nitrogens is 3. The van der Waals surface area contributed by atoms with Gasteiger partial charge in [0.05, 0.1) is 17.6 Å². The number of halogens is 1. The second kappa shape index (κ2) is 9.28. The number of ether oxygens (including phenoxy) is 1. The second-order valence-electron chi connectivity index (χ2n) is 9.40. The largest absolute Gasteiger partial charge is 0.444 e. The number of anilines is 2. The molecule has 34 heavy (non-hydrogen) atoms. The average Bonchev–Trinajstić information content (AvgIpc) is 2.98. The van der Waals surface area contributed by atoms with Crippen LogP contribution in [0.3, 0.4) is 0 Å². The molecule has 9 nitrogen and oxygen atoms in total. The highest BCUT2D eigenvalue weighted by atomic mass is 19.1. The number of amidine groups is 1. The van der Waals surface area contributed by atoms with Crippen LogP contribution in [0.5, 0.6) is 0 Å². The van der Waals surface area contributed by atoms with Crippen LogP contribution in [-0.4, -0.2) is 63.0 Å². The Morgan fingerprint density at radius 3 is 2.68 bits per heavy atom. The zero-order chi connectivity index (χ0) is 24.5. The third-order valence-electron chi connectivity index (χ3n) is 5.43. The van der Waals surface area contributed by atoms with Gasteiger partial charge in [-0.25, -0.2) is 19.2 Å². The number of hydrogen-bond donors (Lipinski definition) is 2. The van der Waals surface area contributed by atoms with Crippen molar-refractivity contribution in [3.05, 3.63) is 53.9 Å². The fourth-order valence-electron chi connectivity index (χ4n) is 3.85. The number of pyridine rings is 2. The number of carbonyl (C=O) groups is 1. The van der Waals surface area contributed by atoms with Gasteiger partial charge in [0.15, 0.2) is 11.5 Å². The lowest BCUT2D eigenvalue weighted by molar-refractivity contribution is 0.0263. The molecular weight excluding hydrogens is 437 g/mol. The monoisotopic (exact) mass is 467 g/mol. The SMILES string of the molecule is Cc1cn2cc(C(=N)Nc3ccc(N4CCCN(C(=O)OC(C)(C)C)CC4)cn3)cc(F)c2n1. The highest BCUT2D eigenvalue weighted by Crippen LogP contribution is 2.20. The average molecular weight is 468 g/mol. The van der Waals surface area contributed by atoms with Gasteiger partial charge < -0.3 is 24.3 Å². The predicted octanol–water partition coefficient (Wildman–Crippen LogP) is 4.06. The Balaban J connectivity index is 1.38. The summed E-state index contributed by atoms with van der Waals surface area (Å²) in [6.07, 6.45) is 5.65. The van der Waals surface area contributed by atoms with Crippen LogP contribution in [0.1, 0.15) is 38.4 Å². The lowest BCUT2D eigenvalue weighted by Gasteiger charge is -2.26. The third kappa shape index (κ3) is 5.44. The maximum absolute atomic E-state index is 14.3. The molecule has 1 amide bonds. The Morgan fingerprint density at radius 2 is 1.97 bits per heavy atom. The van der Waals surface area contributed by atoms with Crippen LogP contribution in [0.25, 0.3) is 5.65 Å². The Bertz CT molecular complexity index is 1200. The molecule has 180 valence electrons. The zero-order valence-electron chi connectivity index (χ0n) is 19.9. The fourth-order valence-corrected chi connectivity index (χ4v) is 3.85. The molecule has 4 heterocycles. The molecule has 0 spiro atoms. The van der Waals surface area contributed by atoms with E-state index in [1.54, 1.807) is 40.9 Å². The number of fused-ring (bicyclic) bond motifs is 1. The van der Waals surface area contributed by atoms with Crippen LogP contribution >= 0.6 is 0 Å². The highest BCUT2D eigenvalue weighted by molar-refractivity contribution is 6.05. The van der Waals surface area contributed by atoms with E-state index in [1.807, 2.05) is 26.8 Å². The van der Waals surface area contributed by atoms with E-state index in [4.69, 9.17) is 10.1 Å². The molecule has 1 aliphatic heterocycles. The van der Waals surface area contributed by atoms with E-state index in [1.165, 1.54) is 6.07 Å². The normalized spacial score (nSPS) is 14.7. The summed E-state index contributed by atoms with van der Waals surface area (Å²) in [5.41, 5.74) is 1.75. The maximum Gasteiger partial charge on any atom is 0.410 e. The van der Waals surface area contributed by atoms with Gasteiger partial charge in [-0.3, -0.25) is 5.41 Å². The first-order valence-electron chi connectivity index (χ1n) is 11.3. The van der Waals surface area contributed by atoms with E-state index < -0.39 is 11.4 Å². The van der Waals surface area contributed by atoms with Gasteiger partial charge in [0.1, 0.15) is 17.3 Å². The Morgan fingerprint density at radius 1 is 1.18 bits per heavy atom. The molecule has 0 saturated carbocycles. The summed E-state index contributed by atoms with van der Waals surface area (Å²) in [6.45, 7) is 10.1. The quantitative estimate of drug-likeness (QED) is 0.445. The van der Waals surface area contributed by atoms with Crippen LogP contribution in [-0.2, 0) is 4.74 Å². The highest BCUT2D eigenvalue weighted by Gasteiger charge is 2.24. The summed E-state index contributed by atoms with van der Waals surface area (Å²) < 4.78 is 21.4. The third-order valence-corrected chi connectivity index (χ3v) is 5.43. The number of amides is 1. The van der Waals surface area contributed by atoms with Gasteiger partial charge in [-0.15, -0.1) is 0 Å². The number of aryl methyl sites for hydroxylation is 1. The molecule has 1 saturated heterocycles. The summed E-state index contributed by atoms with van der Waals surface area (Å²) in [6, 6.07) is 5.00. The molecule has 1 aliphatic rings. The van der Waals surface area contributed by atoms with Crippen molar-refractivity contribution >= 4 is 29.1 Å². The molecule has 2 N–H and O–H groups in total. The van der Waals surface area contributed by atoms with Gasteiger partial charge >= 0.3 is 6.09 Å². The second-order valence-corrected chi connectivity index (χ2v) is 9.40. The number of rotatable bonds is 3. The van der Waals surface area contributed by atoms with E-state index in [0.717, 1.165) is 18.7 Å². The first kappa shape index (κ1) is 23.5. The predicted molar refractivity (Wildman–Crippen MR) is 129 cm³/mol. The van der Waals surface area contributed by atoms with Crippen LogP contribution < -0.4 is 10.2 Å². The van der Waals surface area contributed by atoms with Crippen molar-refractivity contribution in [2.24, 2.45) is 0 Å². The minimum Gasteiger partial charge on any atom is -0.444 e. The van der Waals surface area contributed by atoms with E-state index >= 15 is 0 Å². The van der Waals surface area contributed by atoms with E-state index in [-0.39, 0.29) is 17.6 Å². The standard InChI is InChI=1S/C24H30FN7O2/c1-16-14-32-15-17(12-19(25)22(32)28-16)21(26)29-20-7-6-18(13-27-20)30-8-5-9-31(11-10-30)23(33)34-24(2,3)4/h6-7,12-15H,5,8-11H2,1-4H3,(H2,26,27,29). The molecule has 0 radical (unpaired) electrons. The maximum atomic E-state index is 14.3. The van der Waals surface area contributed by atoms with Gasteiger partial charge in [-0.05, 0) is 52.3 Å². The van der Waals surface area contributed by atoms with Crippen molar-refractivity contribution in [2.75, 3.05) is 36.4 Å². The smallest absolute Gasteiger partial charge is 0.410 e. The Hall–Kier alpha value is -3.69. The summed E-state index contributed by atoms with van der Waals surface area (Å²) in [5.74, 6) is 0.0403. The van der Waals surface area contributed by atoms with Crippen molar-refractivity contribution in [1.29, 1.82) is 5.41 Å². The van der Waals surface area contributed by atoms with Crippen LogP contribution in [0, 0.1) is 18.2 Å². The first-order valence-corrected chi connectivity index (χ1v) is 11.3. The molecule has 0 unspecified atom stereocenters. The van der Waals surface area contributed by atoms with Gasteiger partial charge in [0.2, 0.25) is 0 Å². The molecule has 3 aromatic rings. The summed E-state index contributed by atoms with van der Waals surface area (Å²) in [7, 11) is 0. The molecule has 4 rings (SSSR count). The minimum atomic E-state index is -0.515. The van der Waals surface area contributed by atoms with Crippen LogP contribution in [0.15, 0.2) is 36.8 Å². The number of nitrogens with zero attached hydrogens (tertiary/aromatic N) is 5. The van der Waals surface area contributed by atoms with Crippen molar-refractivity contribution in [3.63, 3.8) is 0 Å². The molecular formula is C24H30FN7O2. The molecule has 0 bridgehead atoms. The molecule has 0 aromatic carbocycles. The van der Waals surface area contributed by atoms with E-state index in [0.29, 0.717) is 36.7 Å². The van der Waals surface area contributed by atoms with E-state index in [2.05, 4.69) is 20.2 Å². The summed E-state index contributed by atoms with van der Waals surface area (Å²) in [4.78, 5) is 24.9. The lowest BCUT2D eigenvalue weighted by Crippen LogP contribution is -2.39. The molecule has 0 atom stereocenters. The summed E-state index contributed by atoms with van der Waals surface area (Å²) in [5, 5.41) is 11.3. The molecule has 0 aliphatic carbocycles. The number of hydrogen-bond acceptors (Lipinski definition) is 6. The fraction of sp³-hybridized carbons (Fsp3) is 0.417. The van der Waals surface area contributed by atoms with Crippen molar-refractivity contribution < 1.29 is 13.9 Å². The minimum absolute atomic E-state index is 0.0372. The first-order chi connectivity index (χ1) is 16.1. The Labute approximate surface area is 198 Å². The number of nitrogens with one attached hydrogen (secondary N) is 2. The zero-order valence-corrected chi connectivity index (χ0v) is 19.9. The van der Waals surface area contributed by atoms with Gasteiger partial charge in [0.25, 0.3) is 0 Å². The topological polar surface area (TPSA) is 98.9 Å². The Kier molecular flexibility index (Phi) is 6.41.